The summed E-state index contributed by atoms with van der Waals surface area (Å²) in [5.41, 5.74) is 0.844. The number of benzene rings is 1. The van der Waals surface area contributed by atoms with E-state index in [0.717, 1.165) is 11.3 Å². The molecule has 0 radical (unpaired) electrons. The first-order chi connectivity index (χ1) is 6.84. The molecular weight excluding hydrogens is 192 g/mol. The van der Waals surface area contributed by atoms with E-state index in [2.05, 4.69) is 6.92 Å². The van der Waals surface area contributed by atoms with Crippen molar-refractivity contribution >= 4 is 17.5 Å². The molecule has 1 rings (SSSR count). The number of thiol groups is 1. The van der Waals surface area contributed by atoms with Gasteiger partial charge in [0.1, 0.15) is 5.75 Å². The topological polar surface area (TPSA) is 17.1 Å². The predicted octanol–water partition coefficient (Wildman–Crippen LogP) is 2.48. The molecule has 0 bridgehead atoms. The number of ketones is 1. The number of rotatable bonds is 6. The van der Waals surface area contributed by atoms with E-state index in [4.69, 9.17) is 0 Å². The van der Waals surface area contributed by atoms with Crippen LogP contribution in [0.4, 0.5) is 0 Å². The van der Waals surface area contributed by atoms with E-state index < -0.39 is 0 Å². The lowest BCUT2D eigenvalue weighted by Gasteiger charge is -1.95. The van der Waals surface area contributed by atoms with Crippen molar-refractivity contribution in [2.75, 3.05) is 11.5 Å². The summed E-state index contributed by atoms with van der Waals surface area (Å²) in [4.78, 5) is 11.6. The minimum atomic E-state index is 0.267. The highest BCUT2D eigenvalue weighted by Gasteiger charge is 2.08. The van der Waals surface area contributed by atoms with Crippen LogP contribution in [-0.4, -0.2) is 17.3 Å². The normalized spacial score (nSPS) is 10.1. The van der Waals surface area contributed by atoms with Gasteiger partial charge < -0.3 is 0 Å². The van der Waals surface area contributed by atoms with Gasteiger partial charge in [-0.2, -0.15) is 0 Å². The summed E-state index contributed by atoms with van der Waals surface area (Å²) in [5, 5.41) is 0. The maximum absolute atomic E-state index is 11.6. The van der Waals surface area contributed by atoms with Gasteiger partial charge in [0.2, 0.25) is 5.78 Å². The minimum Gasteiger partial charge on any atom is -0.289 e. The molecule has 1 nitrogen and oxygen atoms in total. The molecule has 14 heavy (non-hydrogen) atoms. The Hall–Kier alpha value is -0.760. The second-order valence-corrected chi connectivity index (χ2v) is 4.46. The molecule has 0 aliphatic rings. The van der Waals surface area contributed by atoms with E-state index in [1.165, 1.54) is 24.6 Å². The van der Waals surface area contributed by atoms with Crippen LogP contribution in [0.1, 0.15) is 30.1 Å². The van der Waals surface area contributed by atoms with Crippen molar-refractivity contribution in [3.63, 3.8) is 0 Å². The molecular formula is C12H17OS+. The molecule has 0 aromatic heterocycles. The van der Waals surface area contributed by atoms with Gasteiger partial charge in [-0.25, -0.2) is 0 Å². The average Bonchev–Trinajstić information content (AvgIpc) is 2.25. The van der Waals surface area contributed by atoms with Crippen molar-refractivity contribution in [1.82, 2.24) is 0 Å². The molecule has 0 amide bonds. The molecule has 1 aromatic carbocycles. The van der Waals surface area contributed by atoms with Gasteiger partial charge in [0.25, 0.3) is 0 Å². The molecule has 0 aliphatic heterocycles. The van der Waals surface area contributed by atoms with Crippen molar-refractivity contribution in [2.24, 2.45) is 0 Å². The fourth-order valence-electron chi connectivity index (χ4n) is 1.17. The molecule has 0 spiro atoms. The number of carbonyl (C=O) groups excluding carboxylic acids is 1. The SMILES string of the molecule is CCCC[SH+]CC(=O)c1ccccc1. The van der Waals surface area contributed by atoms with Crippen LogP contribution in [0.5, 0.6) is 0 Å². The molecule has 0 aliphatic carbocycles. The van der Waals surface area contributed by atoms with Gasteiger partial charge in [-0.3, -0.25) is 4.79 Å². The monoisotopic (exact) mass is 209 g/mol. The Morgan fingerprint density at radius 1 is 1.29 bits per heavy atom. The van der Waals surface area contributed by atoms with Crippen molar-refractivity contribution in [2.45, 2.75) is 19.8 Å². The van der Waals surface area contributed by atoms with E-state index in [0.29, 0.717) is 5.75 Å². The van der Waals surface area contributed by atoms with Crippen molar-refractivity contribution < 1.29 is 4.79 Å². The van der Waals surface area contributed by atoms with Gasteiger partial charge in [0.15, 0.2) is 5.75 Å². The predicted molar refractivity (Wildman–Crippen MR) is 64.2 cm³/mol. The van der Waals surface area contributed by atoms with Crippen molar-refractivity contribution in [3.8, 4) is 0 Å². The molecule has 0 fully saturated rings. The fourth-order valence-corrected chi connectivity index (χ4v) is 2.25. The van der Waals surface area contributed by atoms with Gasteiger partial charge in [-0.05, 0) is 18.2 Å². The smallest absolute Gasteiger partial charge is 0.211 e. The summed E-state index contributed by atoms with van der Waals surface area (Å²) < 4.78 is 0. The Morgan fingerprint density at radius 3 is 2.64 bits per heavy atom. The molecule has 1 aromatic rings. The zero-order chi connectivity index (χ0) is 10.2. The lowest BCUT2D eigenvalue weighted by atomic mass is 10.2. The van der Waals surface area contributed by atoms with Crippen LogP contribution >= 0.6 is 0 Å². The highest BCUT2D eigenvalue weighted by molar-refractivity contribution is 7.79. The zero-order valence-corrected chi connectivity index (χ0v) is 9.47. The van der Waals surface area contributed by atoms with E-state index in [1.807, 2.05) is 30.3 Å². The van der Waals surface area contributed by atoms with Gasteiger partial charge in [-0.1, -0.05) is 43.7 Å². The third kappa shape index (κ3) is 3.97. The summed E-state index contributed by atoms with van der Waals surface area (Å²) in [6, 6.07) is 9.53. The Bertz CT molecular complexity index is 269. The standard InChI is InChI=1S/C12H16OS/c1-2-3-9-14-10-12(13)11-7-5-4-6-8-11/h4-8H,2-3,9-10H2,1H3/p+1. The van der Waals surface area contributed by atoms with Crippen LogP contribution in [0.25, 0.3) is 0 Å². The number of carbonyl (C=O) groups is 1. The second-order valence-electron chi connectivity index (χ2n) is 3.25. The summed E-state index contributed by atoms with van der Waals surface area (Å²) in [5.74, 6) is 2.09. The first-order valence-corrected chi connectivity index (χ1v) is 6.32. The summed E-state index contributed by atoms with van der Waals surface area (Å²) >= 11 is 1.26. The Kier molecular flexibility index (Phi) is 5.38. The molecule has 76 valence electrons. The quantitative estimate of drug-likeness (QED) is 0.304. The maximum atomic E-state index is 11.6. The molecule has 0 saturated carbocycles. The molecule has 0 heterocycles. The first-order valence-electron chi connectivity index (χ1n) is 5.06. The molecule has 0 atom stereocenters. The summed E-state index contributed by atoms with van der Waals surface area (Å²) in [6.07, 6.45) is 2.44. The Labute approximate surface area is 89.9 Å². The highest BCUT2D eigenvalue weighted by atomic mass is 32.2. The highest BCUT2D eigenvalue weighted by Crippen LogP contribution is 2.00. The van der Waals surface area contributed by atoms with Crippen LogP contribution in [-0.2, 0) is 11.8 Å². The lowest BCUT2D eigenvalue weighted by Crippen LogP contribution is -2.08. The number of hydrogen-bond donors (Lipinski definition) is 0. The first kappa shape index (κ1) is 11.3. The fraction of sp³-hybridized carbons (Fsp3) is 0.417. The van der Waals surface area contributed by atoms with Crippen LogP contribution in [0, 0.1) is 0 Å². The third-order valence-corrected chi connectivity index (χ3v) is 3.16. The van der Waals surface area contributed by atoms with Crippen LogP contribution < -0.4 is 0 Å². The lowest BCUT2D eigenvalue weighted by molar-refractivity contribution is 0.102. The Balaban J connectivity index is 2.29. The largest absolute Gasteiger partial charge is 0.289 e. The maximum Gasteiger partial charge on any atom is 0.211 e. The number of unbranched alkanes of at least 4 members (excludes halogenated alkanes) is 1. The number of hydrogen-bond acceptors (Lipinski definition) is 1. The average molecular weight is 209 g/mol. The number of Topliss-reactive ketones (excluding diaryl/α,β-unsaturated/α-hetero) is 1. The second kappa shape index (κ2) is 6.66. The van der Waals surface area contributed by atoms with E-state index in [-0.39, 0.29) is 5.78 Å². The summed E-state index contributed by atoms with van der Waals surface area (Å²) in [7, 11) is 0. The van der Waals surface area contributed by atoms with E-state index in [9.17, 15) is 4.79 Å². The van der Waals surface area contributed by atoms with Crippen molar-refractivity contribution in [1.29, 1.82) is 0 Å². The molecule has 0 N–H and O–H groups in total. The van der Waals surface area contributed by atoms with E-state index in [1.54, 1.807) is 0 Å². The van der Waals surface area contributed by atoms with Crippen LogP contribution in [0.15, 0.2) is 30.3 Å². The third-order valence-electron chi connectivity index (χ3n) is 2.02. The minimum absolute atomic E-state index is 0.267. The Morgan fingerprint density at radius 2 is 2.00 bits per heavy atom. The molecule has 2 heteroatoms. The zero-order valence-electron chi connectivity index (χ0n) is 8.57. The van der Waals surface area contributed by atoms with Gasteiger partial charge in [0.05, 0.1) is 0 Å². The van der Waals surface area contributed by atoms with Gasteiger partial charge >= 0.3 is 0 Å². The molecule has 0 unspecified atom stereocenters. The van der Waals surface area contributed by atoms with Crippen LogP contribution in [0.3, 0.4) is 0 Å². The summed E-state index contributed by atoms with van der Waals surface area (Å²) in [6.45, 7) is 2.18. The van der Waals surface area contributed by atoms with Gasteiger partial charge in [0, 0.05) is 5.56 Å². The van der Waals surface area contributed by atoms with E-state index >= 15 is 0 Å². The van der Waals surface area contributed by atoms with Crippen LogP contribution in [0.2, 0.25) is 0 Å². The van der Waals surface area contributed by atoms with Crippen molar-refractivity contribution in [3.05, 3.63) is 35.9 Å². The van der Waals surface area contributed by atoms with Gasteiger partial charge in [-0.15, -0.1) is 0 Å². The molecule has 0 saturated heterocycles.